The molecule has 3 rings (SSSR count). The van der Waals surface area contributed by atoms with Crippen LogP contribution >= 0.6 is 0 Å². The van der Waals surface area contributed by atoms with Crippen molar-refractivity contribution >= 4 is 27.5 Å². The minimum atomic E-state index is -4.32. The lowest BCUT2D eigenvalue weighted by Gasteiger charge is -2.32. The van der Waals surface area contributed by atoms with E-state index in [9.17, 15) is 22.4 Å². The minimum Gasteiger partial charge on any atom is -0.354 e. The van der Waals surface area contributed by atoms with E-state index in [1.54, 1.807) is 19.1 Å². The van der Waals surface area contributed by atoms with Gasteiger partial charge >= 0.3 is 0 Å². The molecule has 0 saturated carbocycles. The maximum atomic E-state index is 15.0. The molecule has 39 heavy (non-hydrogen) atoms. The number of nitrogens with one attached hydrogen (secondary N) is 1. The molecule has 9 heteroatoms. The van der Waals surface area contributed by atoms with Crippen LogP contribution in [-0.2, 0) is 26.2 Å². The van der Waals surface area contributed by atoms with E-state index in [1.165, 1.54) is 35.2 Å². The van der Waals surface area contributed by atoms with Crippen LogP contribution in [0.25, 0.3) is 0 Å². The Morgan fingerprint density at radius 3 is 2.28 bits per heavy atom. The molecule has 2 amide bonds. The number of carbonyl (C=O) groups is 2. The van der Waals surface area contributed by atoms with Crippen molar-refractivity contribution in [3.63, 3.8) is 0 Å². The summed E-state index contributed by atoms with van der Waals surface area (Å²) in [5.41, 5.74) is 2.38. The molecule has 0 spiro atoms. The van der Waals surface area contributed by atoms with Crippen LogP contribution < -0.4 is 9.62 Å². The summed E-state index contributed by atoms with van der Waals surface area (Å²) in [6.45, 7) is 7.23. The van der Waals surface area contributed by atoms with Crippen LogP contribution in [0.3, 0.4) is 0 Å². The van der Waals surface area contributed by atoms with Crippen LogP contribution in [-0.4, -0.2) is 44.3 Å². The third-order valence-electron chi connectivity index (χ3n) is 6.44. The van der Waals surface area contributed by atoms with E-state index in [-0.39, 0.29) is 23.0 Å². The van der Waals surface area contributed by atoms with E-state index in [4.69, 9.17) is 0 Å². The van der Waals surface area contributed by atoms with Gasteiger partial charge in [0.05, 0.1) is 10.6 Å². The van der Waals surface area contributed by atoms with Crippen molar-refractivity contribution in [1.82, 2.24) is 10.2 Å². The van der Waals surface area contributed by atoms with Crippen molar-refractivity contribution in [1.29, 1.82) is 0 Å². The van der Waals surface area contributed by atoms with E-state index in [0.717, 1.165) is 39.9 Å². The largest absolute Gasteiger partial charge is 0.354 e. The third-order valence-corrected chi connectivity index (χ3v) is 8.22. The zero-order valence-corrected chi connectivity index (χ0v) is 23.7. The Morgan fingerprint density at radius 1 is 0.949 bits per heavy atom. The summed E-state index contributed by atoms with van der Waals surface area (Å²) in [5.74, 6) is -1.76. The maximum absolute atomic E-state index is 15.0. The van der Waals surface area contributed by atoms with Crippen molar-refractivity contribution in [2.45, 2.75) is 58.0 Å². The first-order valence-electron chi connectivity index (χ1n) is 13.0. The number of anilines is 1. The van der Waals surface area contributed by atoms with Crippen LogP contribution in [0.1, 0.15) is 43.4 Å². The van der Waals surface area contributed by atoms with E-state index >= 15 is 0 Å². The fourth-order valence-corrected chi connectivity index (χ4v) is 5.55. The highest BCUT2D eigenvalue weighted by atomic mass is 32.2. The van der Waals surface area contributed by atoms with Crippen molar-refractivity contribution < 1.29 is 22.4 Å². The number of carbonyl (C=O) groups excluding carboxylic acids is 2. The first kappa shape index (κ1) is 29.8. The molecule has 0 bridgehead atoms. The topological polar surface area (TPSA) is 86.8 Å². The second-order valence-electron chi connectivity index (χ2n) is 9.61. The first-order valence-corrected chi connectivity index (χ1v) is 14.4. The molecule has 7 nitrogen and oxygen atoms in total. The van der Waals surface area contributed by atoms with Gasteiger partial charge in [-0.05, 0) is 57.0 Å². The first-order chi connectivity index (χ1) is 18.5. The van der Waals surface area contributed by atoms with E-state index in [2.05, 4.69) is 5.32 Å². The number of nitrogens with zero attached hydrogens (tertiary/aromatic N) is 2. The molecular weight excluding hydrogens is 517 g/mol. The summed E-state index contributed by atoms with van der Waals surface area (Å²) >= 11 is 0. The average molecular weight is 554 g/mol. The highest BCUT2D eigenvalue weighted by molar-refractivity contribution is 7.92. The standard InChI is InChI=1S/C30H36FN3O4S/c1-5-6-18-32-30(36)24(4)33(20-25-11-9-10-23(3)19-25)29(35)21-34(28-13-8-7-12-27(28)31)39(37,38)26-16-14-22(2)15-17-26/h7-17,19,24H,5-6,18,20-21H2,1-4H3,(H,32,36). The zero-order chi connectivity index (χ0) is 28.6. The van der Waals surface area contributed by atoms with Gasteiger partial charge in [0.15, 0.2) is 0 Å². The summed E-state index contributed by atoms with van der Waals surface area (Å²) < 4.78 is 43.2. The average Bonchev–Trinajstić information content (AvgIpc) is 2.90. The van der Waals surface area contributed by atoms with E-state index in [1.807, 2.05) is 45.0 Å². The Hall–Kier alpha value is -3.72. The highest BCUT2D eigenvalue weighted by Gasteiger charge is 2.33. The summed E-state index contributed by atoms with van der Waals surface area (Å²) in [5, 5.41) is 2.85. The monoisotopic (exact) mass is 553 g/mol. The smallest absolute Gasteiger partial charge is 0.264 e. The van der Waals surface area contributed by atoms with Gasteiger partial charge < -0.3 is 10.2 Å². The molecule has 1 unspecified atom stereocenters. The number of unbranched alkanes of at least 4 members (excludes halogenated alkanes) is 1. The van der Waals surface area contributed by atoms with Gasteiger partial charge in [0.2, 0.25) is 11.8 Å². The second kappa shape index (κ2) is 13.4. The van der Waals surface area contributed by atoms with Crippen molar-refractivity contribution in [3.8, 4) is 0 Å². The van der Waals surface area contributed by atoms with Gasteiger partial charge in [-0.2, -0.15) is 0 Å². The molecule has 0 saturated heterocycles. The van der Waals surface area contributed by atoms with Gasteiger partial charge in [0.1, 0.15) is 18.4 Å². The second-order valence-corrected chi connectivity index (χ2v) is 11.5. The van der Waals surface area contributed by atoms with Crippen molar-refractivity contribution in [3.05, 3.63) is 95.3 Å². The third kappa shape index (κ3) is 7.66. The minimum absolute atomic E-state index is 0.0697. The fraction of sp³-hybridized carbons (Fsp3) is 0.333. The Bertz CT molecular complexity index is 1390. The summed E-state index contributed by atoms with van der Waals surface area (Å²) in [6.07, 6.45) is 1.69. The van der Waals surface area contributed by atoms with Gasteiger partial charge in [0, 0.05) is 13.1 Å². The lowest BCUT2D eigenvalue weighted by molar-refractivity contribution is -0.139. The molecule has 0 aliphatic rings. The SMILES string of the molecule is CCCCNC(=O)C(C)N(Cc1cccc(C)c1)C(=O)CN(c1ccccc1F)S(=O)(=O)c1ccc(C)cc1. The molecule has 3 aromatic rings. The predicted molar refractivity (Wildman–Crippen MR) is 151 cm³/mol. The van der Waals surface area contributed by atoms with Gasteiger partial charge in [0.25, 0.3) is 10.0 Å². The van der Waals surface area contributed by atoms with Crippen LogP contribution in [0.4, 0.5) is 10.1 Å². The number of aryl methyl sites for hydroxylation is 2. The Balaban J connectivity index is 2.01. The van der Waals surface area contributed by atoms with Gasteiger partial charge in [-0.15, -0.1) is 0 Å². The van der Waals surface area contributed by atoms with Crippen molar-refractivity contribution in [2.75, 3.05) is 17.4 Å². The Morgan fingerprint density at radius 2 is 1.64 bits per heavy atom. The summed E-state index contributed by atoms with van der Waals surface area (Å²) in [6, 6.07) is 18.2. The number of sulfonamides is 1. The van der Waals surface area contributed by atoms with Crippen molar-refractivity contribution in [2.24, 2.45) is 0 Å². The molecule has 208 valence electrons. The number of hydrogen-bond acceptors (Lipinski definition) is 4. The molecule has 0 heterocycles. The number of amides is 2. The summed E-state index contributed by atoms with van der Waals surface area (Å²) in [4.78, 5) is 28.1. The Kier molecular flexibility index (Phi) is 10.2. The summed E-state index contributed by atoms with van der Waals surface area (Å²) in [7, 11) is -4.32. The molecule has 1 atom stereocenters. The molecule has 0 aliphatic heterocycles. The van der Waals surface area contributed by atoms with Gasteiger partial charge in [-0.25, -0.2) is 12.8 Å². The van der Waals surface area contributed by atoms with Crippen LogP contribution in [0.15, 0.2) is 77.7 Å². The van der Waals surface area contributed by atoms with Crippen LogP contribution in [0, 0.1) is 19.7 Å². The normalized spacial score (nSPS) is 12.0. The lowest BCUT2D eigenvalue weighted by atomic mass is 10.1. The fourth-order valence-electron chi connectivity index (χ4n) is 4.13. The van der Waals surface area contributed by atoms with E-state index < -0.39 is 34.3 Å². The maximum Gasteiger partial charge on any atom is 0.264 e. The highest BCUT2D eigenvalue weighted by Crippen LogP contribution is 2.27. The van der Waals surface area contributed by atoms with Crippen LogP contribution in [0.5, 0.6) is 0 Å². The number of halogens is 1. The molecular formula is C30H36FN3O4S. The Labute approximate surface area is 230 Å². The number of benzene rings is 3. The van der Waals surface area contributed by atoms with E-state index in [0.29, 0.717) is 6.54 Å². The molecule has 0 aliphatic carbocycles. The van der Waals surface area contributed by atoms with Crippen LogP contribution in [0.2, 0.25) is 0 Å². The molecule has 3 aromatic carbocycles. The molecule has 0 fully saturated rings. The molecule has 0 aromatic heterocycles. The zero-order valence-electron chi connectivity index (χ0n) is 22.9. The number of rotatable bonds is 12. The number of para-hydroxylation sites is 1. The van der Waals surface area contributed by atoms with Gasteiger partial charge in [-0.3, -0.25) is 13.9 Å². The molecule has 1 N–H and O–H groups in total. The predicted octanol–water partition coefficient (Wildman–Crippen LogP) is 4.97. The van der Waals surface area contributed by atoms with Gasteiger partial charge in [-0.1, -0.05) is 73.0 Å². The molecule has 0 radical (unpaired) electrons. The number of hydrogen-bond donors (Lipinski definition) is 1. The lowest BCUT2D eigenvalue weighted by Crippen LogP contribution is -2.51. The quantitative estimate of drug-likeness (QED) is 0.321.